The zero-order valence-electron chi connectivity index (χ0n) is 6.20. The van der Waals surface area contributed by atoms with E-state index in [0.29, 0.717) is 0 Å². The fourth-order valence-electron chi connectivity index (χ4n) is 0.507. The predicted molar refractivity (Wildman–Crippen MR) is 32.3 cm³/mol. The highest BCUT2D eigenvalue weighted by atomic mass is 16.4. The second kappa shape index (κ2) is 2.98. The van der Waals surface area contributed by atoms with Gasteiger partial charge in [0.05, 0.1) is 5.97 Å². The van der Waals surface area contributed by atoms with Gasteiger partial charge in [0.25, 0.3) is 0 Å². The van der Waals surface area contributed by atoms with Crippen molar-refractivity contribution in [1.29, 1.82) is 0 Å². The molecule has 0 amide bonds. The van der Waals surface area contributed by atoms with Gasteiger partial charge in [-0.15, -0.1) is 0 Å². The first-order valence-electron chi connectivity index (χ1n) is 2.92. The van der Waals surface area contributed by atoms with Gasteiger partial charge in [0.2, 0.25) is 0 Å². The van der Waals surface area contributed by atoms with Crippen LogP contribution in [0.5, 0.6) is 0 Å². The van der Waals surface area contributed by atoms with Crippen molar-refractivity contribution in [2.24, 2.45) is 0 Å². The Bertz CT molecular complexity index is 183. The molecule has 0 aromatic heterocycles. The topological polar surface area (TPSA) is 97.7 Å². The van der Waals surface area contributed by atoms with Crippen molar-refractivity contribution in [3.05, 3.63) is 0 Å². The van der Waals surface area contributed by atoms with Crippen molar-refractivity contribution in [2.45, 2.75) is 25.6 Å². The molecule has 0 saturated carbocycles. The van der Waals surface area contributed by atoms with Crippen LogP contribution in [0.3, 0.4) is 0 Å². The van der Waals surface area contributed by atoms with E-state index in [1.807, 2.05) is 0 Å². The average Bonchev–Trinajstić information content (AvgIpc) is 1.85. The summed E-state index contributed by atoms with van der Waals surface area (Å²) in [6.07, 6.45) is -1.94. The number of carbonyl (C=O) groups excluding carboxylic acids is 2. The van der Waals surface area contributed by atoms with Crippen molar-refractivity contribution in [2.75, 3.05) is 0 Å². The van der Waals surface area contributed by atoms with Gasteiger partial charge < -0.3 is 20.1 Å². The fraction of sp³-hybridized carbons (Fsp3) is 0.667. The van der Waals surface area contributed by atoms with E-state index in [4.69, 9.17) is 10.2 Å². The van der Waals surface area contributed by atoms with Gasteiger partial charge in [-0.3, -0.25) is 4.79 Å². The molecule has 2 N–H and O–H groups in total. The van der Waals surface area contributed by atoms with Crippen LogP contribution >= 0.6 is 0 Å². The molecule has 0 radical (unpaired) electrons. The number of aliphatic carboxylic acids is 1. The zero-order valence-corrected chi connectivity index (χ0v) is 6.20. The number of carboxylic acids is 1. The lowest BCUT2D eigenvalue weighted by Crippen LogP contribution is -2.56. The minimum atomic E-state index is -2.51. The third-order valence-electron chi connectivity index (χ3n) is 1.33. The Morgan fingerprint density at radius 2 is 1.91 bits per heavy atom. The first-order chi connectivity index (χ1) is 4.80. The molecule has 0 rings (SSSR count). The Balaban J connectivity index is 4.55. The van der Waals surface area contributed by atoms with Crippen LogP contribution in [0.4, 0.5) is 0 Å². The van der Waals surface area contributed by atoms with Crippen LogP contribution in [-0.4, -0.2) is 33.7 Å². The molecule has 5 heteroatoms. The molecule has 0 aliphatic rings. The van der Waals surface area contributed by atoms with Crippen molar-refractivity contribution < 1.29 is 24.9 Å². The van der Waals surface area contributed by atoms with E-state index in [2.05, 4.69) is 0 Å². The number of hydrogen-bond acceptors (Lipinski definition) is 5. The van der Waals surface area contributed by atoms with E-state index >= 15 is 0 Å². The number of carboxylic acid groups (broad SMARTS) is 1. The standard InChI is InChI=1S/C6H10O5/c1-3(7)4(8)6(2,11)5(9)10/h4,8,11H,1-2H3,(H,9,10)/p-1. The Morgan fingerprint density at radius 1 is 1.55 bits per heavy atom. The number of carbonyl (C=O) groups is 2. The van der Waals surface area contributed by atoms with E-state index in [1.165, 1.54) is 0 Å². The molecule has 0 aromatic carbocycles. The Morgan fingerprint density at radius 3 is 2.00 bits per heavy atom. The van der Waals surface area contributed by atoms with Crippen molar-refractivity contribution in [3.63, 3.8) is 0 Å². The molecule has 2 atom stereocenters. The van der Waals surface area contributed by atoms with Gasteiger partial charge >= 0.3 is 0 Å². The van der Waals surface area contributed by atoms with Crippen molar-refractivity contribution >= 4 is 11.8 Å². The SMILES string of the molecule is CC(=O)C(O)C(C)(O)C(=O)[O-]. The van der Waals surface area contributed by atoms with Crippen LogP contribution in [0.25, 0.3) is 0 Å². The molecular formula is C6H9O5-. The lowest BCUT2D eigenvalue weighted by Gasteiger charge is -2.27. The first kappa shape index (κ1) is 10.1. The number of ketones is 1. The summed E-state index contributed by atoms with van der Waals surface area (Å²) in [5, 5.41) is 27.8. The summed E-state index contributed by atoms with van der Waals surface area (Å²) in [6, 6.07) is 0. The molecule has 5 nitrogen and oxygen atoms in total. The van der Waals surface area contributed by atoms with Crippen LogP contribution in [0, 0.1) is 0 Å². The molecule has 0 heterocycles. The number of Topliss-reactive ketones (excluding diaryl/α,β-unsaturated/α-hetero) is 1. The third-order valence-corrected chi connectivity index (χ3v) is 1.33. The normalized spacial score (nSPS) is 18.5. The molecule has 0 fully saturated rings. The third kappa shape index (κ3) is 1.99. The molecule has 0 saturated heterocycles. The van der Waals surface area contributed by atoms with Gasteiger partial charge in [-0.05, 0) is 13.8 Å². The van der Waals surface area contributed by atoms with E-state index < -0.39 is 23.5 Å². The molecular weight excluding hydrogens is 152 g/mol. The zero-order chi connectivity index (χ0) is 9.23. The van der Waals surface area contributed by atoms with E-state index in [-0.39, 0.29) is 0 Å². The molecule has 0 spiro atoms. The van der Waals surface area contributed by atoms with Gasteiger partial charge in [-0.25, -0.2) is 0 Å². The van der Waals surface area contributed by atoms with Crippen LogP contribution in [0.15, 0.2) is 0 Å². The number of hydrogen-bond donors (Lipinski definition) is 2. The van der Waals surface area contributed by atoms with Gasteiger partial charge in [0, 0.05) is 0 Å². The number of rotatable bonds is 3. The quantitative estimate of drug-likeness (QED) is 0.474. The molecule has 64 valence electrons. The van der Waals surface area contributed by atoms with Crippen LogP contribution in [0.2, 0.25) is 0 Å². The predicted octanol–water partition coefficient (Wildman–Crippen LogP) is -2.56. The first-order valence-corrected chi connectivity index (χ1v) is 2.92. The Labute approximate surface area is 63.3 Å². The summed E-state index contributed by atoms with van der Waals surface area (Å²) < 4.78 is 0. The van der Waals surface area contributed by atoms with E-state index in [1.54, 1.807) is 0 Å². The summed E-state index contributed by atoms with van der Waals surface area (Å²) in [4.78, 5) is 20.5. The summed E-state index contributed by atoms with van der Waals surface area (Å²) >= 11 is 0. The molecule has 0 aliphatic carbocycles. The highest BCUT2D eigenvalue weighted by molar-refractivity contribution is 5.89. The smallest absolute Gasteiger partial charge is 0.161 e. The van der Waals surface area contributed by atoms with Gasteiger partial charge in [0.1, 0.15) is 11.7 Å². The fourth-order valence-corrected chi connectivity index (χ4v) is 0.507. The van der Waals surface area contributed by atoms with Gasteiger partial charge in [-0.2, -0.15) is 0 Å². The van der Waals surface area contributed by atoms with Crippen LogP contribution in [0.1, 0.15) is 13.8 Å². The summed E-state index contributed by atoms with van der Waals surface area (Å²) in [7, 11) is 0. The number of aliphatic hydroxyl groups is 2. The lowest BCUT2D eigenvalue weighted by molar-refractivity contribution is -0.327. The lowest BCUT2D eigenvalue weighted by atomic mass is 9.97. The highest BCUT2D eigenvalue weighted by Gasteiger charge is 2.34. The Kier molecular flexibility index (Phi) is 2.72. The van der Waals surface area contributed by atoms with Gasteiger partial charge in [0.15, 0.2) is 5.78 Å². The van der Waals surface area contributed by atoms with Crippen molar-refractivity contribution in [3.8, 4) is 0 Å². The second-order valence-electron chi connectivity index (χ2n) is 2.45. The molecule has 0 bridgehead atoms. The number of aliphatic hydroxyl groups excluding tert-OH is 1. The van der Waals surface area contributed by atoms with Crippen LogP contribution < -0.4 is 5.11 Å². The summed E-state index contributed by atoms with van der Waals surface area (Å²) in [5.41, 5.74) is -2.51. The van der Waals surface area contributed by atoms with Crippen LogP contribution in [-0.2, 0) is 9.59 Å². The minimum absolute atomic E-state index is 0.800. The molecule has 11 heavy (non-hydrogen) atoms. The monoisotopic (exact) mass is 161 g/mol. The summed E-state index contributed by atoms with van der Waals surface area (Å²) in [6.45, 7) is 1.77. The maximum Gasteiger partial charge on any atom is 0.161 e. The molecule has 0 aliphatic heterocycles. The molecule has 0 aromatic rings. The summed E-state index contributed by atoms with van der Waals surface area (Å²) in [5.74, 6) is -2.69. The van der Waals surface area contributed by atoms with E-state index in [0.717, 1.165) is 13.8 Å². The Hall–Kier alpha value is -0.940. The maximum absolute atomic E-state index is 10.4. The molecule has 2 unspecified atom stereocenters. The maximum atomic E-state index is 10.4. The second-order valence-corrected chi connectivity index (χ2v) is 2.45. The average molecular weight is 161 g/mol. The highest BCUT2D eigenvalue weighted by Crippen LogP contribution is 2.08. The largest absolute Gasteiger partial charge is 0.547 e. The van der Waals surface area contributed by atoms with Gasteiger partial charge in [-0.1, -0.05) is 0 Å². The minimum Gasteiger partial charge on any atom is -0.547 e. The van der Waals surface area contributed by atoms with E-state index in [9.17, 15) is 14.7 Å². The van der Waals surface area contributed by atoms with Crippen molar-refractivity contribution in [1.82, 2.24) is 0 Å².